The summed E-state index contributed by atoms with van der Waals surface area (Å²) in [4.78, 5) is 26.0. The highest BCUT2D eigenvalue weighted by Crippen LogP contribution is 2.22. The number of carbonyl (C=O) groups excluding carboxylic acids is 2. The number of ether oxygens (including phenoxy) is 1. The molecule has 1 aliphatic rings. The van der Waals surface area contributed by atoms with Gasteiger partial charge in [0.05, 0.1) is 7.11 Å². The Kier molecular flexibility index (Phi) is 4.79. The van der Waals surface area contributed by atoms with E-state index in [9.17, 15) is 9.59 Å². The van der Waals surface area contributed by atoms with Gasteiger partial charge >= 0.3 is 0 Å². The number of para-hydroxylation sites is 1. The van der Waals surface area contributed by atoms with Crippen molar-refractivity contribution in [3.05, 3.63) is 59.7 Å². The number of methoxy groups -OCH3 is 1. The van der Waals surface area contributed by atoms with Crippen LogP contribution in [0.2, 0.25) is 0 Å². The third-order valence-corrected chi connectivity index (χ3v) is 4.13. The van der Waals surface area contributed by atoms with Crippen LogP contribution in [0.15, 0.2) is 48.5 Å². The molecule has 0 atom stereocenters. The molecule has 2 amide bonds. The third kappa shape index (κ3) is 3.40. The second kappa shape index (κ2) is 7.17. The van der Waals surface area contributed by atoms with Crippen molar-refractivity contribution >= 4 is 17.5 Å². The lowest BCUT2D eigenvalue weighted by Crippen LogP contribution is -2.26. The van der Waals surface area contributed by atoms with E-state index in [0.717, 1.165) is 23.4 Å². The summed E-state index contributed by atoms with van der Waals surface area (Å²) < 4.78 is 5.29. The molecular weight excluding hydrogens is 304 g/mol. The van der Waals surface area contributed by atoms with Crippen LogP contribution in [0.5, 0.6) is 5.75 Å². The number of carbonyl (C=O) groups is 2. The molecule has 0 saturated carbocycles. The number of anilines is 1. The van der Waals surface area contributed by atoms with E-state index in [2.05, 4.69) is 5.32 Å². The smallest absolute Gasteiger partial charge is 0.251 e. The Balaban J connectivity index is 1.70. The highest BCUT2D eigenvalue weighted by molar-refractivity contribution is 5.99. The normalized spacial score (nSPS) is 13.9. The van der Waals surface area contributed by atoms with Gasteiger partial charge in [-0.05, 0) is 30.7 Å². The zero-order valence-electron chi connectivity index (χ0n) is 13.6. The molecule has 1 saturated heterocycles. The molecule has 1 N–H and O–H groups in total. The molecule has 0 aromatic heterocycles. The van der Waals surface area contributed by atoms with Crippen LogP contribution in [0.25, 0.3) is 0 Å². The van der Waals surface area contributed by atoms with Crippen LogP contribution in [-0.4, -0.2) is 25.5 Å². The first kappa shape index (κ1) is 16.1. The summed E-state index contributed by atoms with van der Waals surface area (Å²) in [5.41, 5.74) is 2.24. The summed E-state index contributed by atoms with van der Waals surface area (Å²) in [6.45, 7) is 1.10. The Bertz CT molecular complexity index is 758. The quantitative estimate of drug-likeness (QED) is 0.920. The molecule has 124 valence electrons. The molecule has 2 aromatic carbocycles. The van der Waals surface area contributed by atoms with Crippen molar-refractivity contribution in [1.82, 2.24) is 5.32 Å². The number of nitrogens with one attached hydrogen (secondary N) is 1. The largest absolute Gasteiger partial charge is 0.496 e. The van der Waals surface area contributed by atoms with Gasteiger partial charge in [0.15, 0.2) is 0 Å². The molecule has 0 aliphatic carbocycles. The van der Waals surface area contributed by atoms with Gasteiger partial charge in [-0.15, -0.1) is 0 Å². The topological polar surface area (TPSA) is 58.6 Å². The lowest BCUT2D eigenvalue weighted by atomic mass is 10.1. The van der Waals surface area contributed by atoms with Crippen LogP contribution in [-0.2, 0) is 11.3 Å². The minimum Gasteiger partial charge on any atom is -0.496 e. The summed E-state index contributed by atoms with van der Waals surface area (Å²) in [5, 5.41) is 2.90. The molecule has 1 aliphatic heterocycles. The zero-order valence-corrected chi connectivity index (χ0v) is 13.6. The van der Waals surface area contributed by atoms with Crippen molar-refractivity contribution in [3.63, 3.8) is 0 Å². The number of hydrogen-bond donors (Lipinski definition) is 1. The highest BCUT2D eigenvalue weighted by Gasteiger charge is 2.22. The predicted octanol–water partition coefficient (Wildman–Crippen LogP) is 2.75. The van der Waals surface area contributed by atoms with Crippen LogP contribution in [0.4, 0.5) is 5.69 Å². The Morgan fingerprint density at radius 3 is 2.79 bits per heavy atom. The van der Waals surface area contributed by atoms with Crippen LogP contribution in [0, 0.1) is 0 Å². The monoisotopic (exact) mass is 324 g/mol. The fraction of sp³-hybridized carbons (Fsp3) is 0.263. The van der Waals surface area contributed by atoms with Crippen molar-refractivity contribution in [2.45, 2.75) is 19.4 Å². The number of benzene rings is 2. The van der Waals surface area contributed by atoms with Gasteiger partial charge in [0.2, 0.25) is 5.91 Å². The third-order valence-electron chi connectivity index (χ3n) is 4.13. The maximum absolute atomic E-state index is 12.4. The first-order valence-corrected chi connectivity index (χ1v) is 7.99. The second-order valence-electron chi connectivity index (χ2n) is 5.69. The van der Waals surface area contributed by atoms with Crippen molar-refractivity contribution in [2.75, 3.05) is 18.6 Å². The predicted molar refractivity (Wildman–Crippen MR) is 92.2 cm³/mol. The summed E-state index contributed by atoms with van der Waals surface area (Å²) in [6, 6.07) is 14.8. The second-order valence-corrected chi connectivity index (χ2v) is 5.69. The highest BCUT2D eigenvalue weighted by atomic mass is 16.5. The molecule has 2 aromatic rings. The van der Waals surface area contributed by atoms with Gasteiger partial charge in [0, 0.05) is 36.3 Å². The van der Waals surface area contributed by atoms with E-state index < -0.39 is 0 Å². The maximum Gasteiger partial charge on any atom is 0.251 e. The average molecular weight is 324 g/mol. The van der Waals surface area contributed by atoms with E-state index in [0.29, 0.717) is 25.1 Å². The molecule has 5 nitrogen and oxygen atoms in total. The van der Waals surface area contributed by atoms with Crippen LogP contribution in [0.1, 0.15) is 28.8 Å². The van der Waals surface area contributed by atoms with Crippen LogP contribution in [0.3, 0.4) is 0 Å². The number of hydrogen-bond acceptors (Lipinski definition) is 3. The van der Waals surface area contributed by atoms with Gasteiger partial charge in [-0.25, -0.2) is 0 Å². The standard InChI is InChI=1S/C19H20N2O3/c1-24-17-9-3-2-6-15(17)13-20-19(23)14-7-4-8-16(12-14)21-11-5-10-18(21)22/h2-4,6-9,12H,5,10-11,13H2,1H3,(H,20,23). The summed E-state index contributed by atoms with van der Waals surface area (Å²) in [5.74, 6) is 0.685. The van der Waals surface area contributed by atoms with E-state index >= 15 is 0 Å². The number of amides is 2. The molecular formula is C19H20N2O3. The first-order valence-electron chi connectivity index (χ1n) is 7.99. The van der Waals surface area contributed by atoms with Crippen LogP contribution >= 0.6 is 0 Å². The van der Waals surface area contributed by atoms with Crippen molar-refractivity contribution in [3.8, 4) is 5.75 Å². The van der Waals surface area contributed by atoms with E-state index in [1.807, 2.05) is 30.3 Å². The Labute approximate surface area is 141 Å². The minimum atomic E-state index is -0.172. The lowest BCUT2D eigenvalue weighted by molar-refractivity contribution is -0.117. The van der Waals surface area contributed by atoms with Gasteiger partial charge in [0.1, 0.15) is 5.75 Å². The van der Waals surface area contributed by atoms with E-state index in [-0.39, 0.29) is 11.8 Å². The first-order chi connectivity index (χ1) is 11.7. The molecule has 0 bridgehead atoms. The molecule has 24 heavy (non-hydrogen) atoms. The van der Waals surface area contributed by atoms with Gasteiger partial charge < -0.3 is 15.0 Å². The molecule has 3 rings (SSSR count). The molecule has 1 fully saturated rings. The van der Waals surface area contributed by atoms with Crippen molar-refractivity contribution in [1.29, 1.82) is 0 Å². The summed E-state index contributed by atoms with van der Waals surface area (Å²) >= 11 is 0. The summed E-state index contributed by atoms with van der Waals surface area (Å²) in [7, 11) is 1.61. The van der Waals surface area contributed by atoms with Crippen LogP contribution < -0.4 is 15.0 Å². The Morgan fingerprint density at radius 1 is 1.21 bits per heavy atom. The fourth-order valence-corrected chi connectivity index (χ4v) is 2.86. The molecule has 5 heteroatoms. The van der Waals surface area contributed by atoms with Crippen molar-refractivity contribution < 1.29 is 14.3 Å². The number of rotatable bonds is 5. The molecule has 0 radical (unpaired) electrons. The van der Waals surface area contributed by atoms with Gasteiger partial charge in [0.25, 0.3) is 5.91 Å². The minimum absolute atomic E-state index is 0.113. The van der Waals surface area contributed by atoms with Crippen molar-refractivity contribution in [2.24, 2.45) is 0 Å². The zero-order chi connectivity index (χ0) is 16.9. The van der Waals surface area contributed by atoms with Gasteiger partial charge in [-0.3, -0.25) is 9.59 Å². The van der Waals surface area contributed by atoms with Gasteiger partial charge in [-0.2, -0.15) is 0 Å². The molecule has 0 spiro atoms. The van der Waals surface area contributed by atoms with E-state index in [4.69, 9.17) is 4.74 Å². The summed E-state index contributed by atoms with van der Waals surface area (Å²) in [6.07, 6.45) is 1.44. The van der Waals surface area contributed by atoms with E-state index in [1.54, 1.807) is 30.2 Å². The Hall–Kier alpha value is -2.82. The number of nitrogens with zero attached hydrogens (tertiary/aromatic N) is 1. The average Bonchev–Trinajstić information content (AvgIpc) is 3.06. The lowest BCUT2D eigenvalue weighted by Gasteiger charge is -2.16. The molecule has 0 unspecified atom stereocenters. The van der Waals surface area contributed by atoms with Gasteiger partial charge in [-0.1, -0.05) is 24.3 Å². The molecule has 1 heterocycles. The fourth-order valence-electron chi connectivity index (χ4n) is 2.86. The van der Waals surface area contributed by atoms with E-state index in [1.165, 1.54) is 0 Å². The maximum atomic E-state index is 12.4. The SMILES string of the molecule is COc1ccccc1CNC(=O)c1cccc(N2CCCC2=O)c1. The Morgan fingerprint density at radius 2 is 2.04 bits per heavy atom.